The maximum Gasteiger partial charge on any atom is 0.274 e. The Morgan fingerprint density at radius 1 is 0.759 bits per heavy atom. The molecule has 7 heteroatoms. The lowest BCUT2D eigenvalue weighted by atomic mass is 10.1. The molecule has 29 heavy (non-hydrogen) atoms. The largest absolute Gasteiger partial charge is 0.356 e. The van der Waals surface area contributed by atoms with Gasteiger partial charge in [-0.25, -0.2) is 0 Å². The molecule has 0 aliphatic heterocycles. The highest BCUT2D eigenvalue weighted by molar-refractivity contribution is 6.30. The van der Waals surface area contributed by atoms with Crippen LogP contribution in [0.3, 0.4) is 0 Å². The van der Waals surface area contributed by atoms with Crippen molar-refractivity contribution >= 4 is 34.6 Å². The van der Waals surface area contributed by atoms with E-state index in [4.69, 9.17) is 11.6 Å². The number of hydrogen-bond acceptors (Lipinski definition) is 5. The monoisotopic (exact) mass is 403 g/mol. The van der Waals surface area contributed by atoms with Crippen molar-refractivity contribution in [2.75, 3.05) is 10.6 Å². The maximum atomic E-state index is 12.3. The summed E-state index contributed by atoms with van der Waals surface area (Å²) < 4.78 is 0. The minimum absolute atomic E-state index is 0.278. The molecule has 0 radical (unpaired) electrons. The summed E-state index contributed by atoms with van der Waals surface area (Å²) in [6.07, 6.45) is 0.389. The number of anilines is 4. The number of halogens is 1. The number of hydrogen-bond donors (Lipinski definition) is 3. The summed E-state index contributed by atoms with van der Waals surface area (Å²) in [6.45, 7) is 0. The van der Waals surface area contributed by atoms with E-state index in [1.54, 1.807) is 12.1 Å². The molecule has 0 atom stereocenters. The van der Waals surface area contributed by atoms with Crippen LogP contribution < -0.4 is 16.2 Å². The van der Waals surface area contributed by atoms with Crippen LogP contribution in [0.15, 0.2) is 83.7 Å². The van der Waals surface area contributed by atoms with Gasteiger partial charge in [0.05, 0.1) is 0 Å². The van der Waals surface area contributed by atoms with Gasteiger partial charge in [-0.2, -0.15) is 0 Å². The van der Waals surface area contributed by atoms with Gasteiger partial charge < -0.3 is 10.6 Å². The van der Waals surface area contributed by atoms with Gasteiger partial charge in [-0.3, -0.25) is 9.78 Å². The quantitative estimate of drug-likeness (QED) is 0.426. The predicted molar refractivity (Wildman–Crippen MR) is 116 cm³/mol. The van der Waals surface area contributed by atoms with E-state index in [-0.39, 0.29) is 5.56 Å². The molecule has 0 spiro atoms. The van der Waals surface area contributed by atoms with E-state index in [0.717, 1.165) is 22.6 Å². The lowest BCUT2D eigenvalue weighted by Gasteiger charge is -2.09. The van der Waals surface area contributed by atoms with Gasteiger partial charge in [-0.05, 0) is 54.1 Å². The predicted octanol–water partition coefficient (Wildman–Crippen LogP) is 4.90. The fourth-order valence-corrected chi connectivity index (χ4v) is 2.92. The fraction of sp³-hybridized carbons (Fsp3) is 0.0455. The second kappa shape index (κ2) is 8.58. The SMILES string of the molecule is O=c1[nH]c(Nc2ccc(Nc3ccccc3)cc2)nnc1Cc1ccc(Cl)cc1. The van der Waals surface area contributed by atoms with Crippen LogP contribution in [0.4, 0.5) is 23.0 Å². The Bertz CT molecular complexity index is 1140. The number of benzene rings is 3. The van der Waals surface area contributed by atoms with Crippen LogP contribution in [-0.2, 0) is 6.42 Å². The first-order valence-electron chi connectivity index (χ1n) is 9.05. The molecule has 3 N–H and O–H groups in total. The van der Waals surface area contributed by atoms with Gasteiger partial charge in [0.25, 0.3) is 5.56 Å². The number of nitrogens with zero attached hydrogens (tertiary/aromatic N) is 2. The number of H-pyrrole nitrogens is 1. The summed E-state index contributed by atoms with van der Waals surface area (Å²) in [5.74, 6) is 0.290. The van der Waals surface area contributed by atoms with Crippen LogP contribution in [0.1, 0.15) is 11.3 Å². The third-order valence-corrected chi connectivity index (χ3v) is 4.51. The van der Waals surface area contributed by atoms with Gasteiger partial charge in [0.1, 0.15) is 5.69 Å². The minimum Gasteiger partial charge on any atom is -0.356 e. The molecule has 0 saturated carbocycles. The van der Waals surface area contributed by atoms with Crippen LogP contribution in [0.25, 0.3) is 0 Å². The fourth-order valence-electron chi connectivity index (χ4n) is 2.79. The van der Waals surface area contributed by atoms with Crippen molar-refractivity contribution in [2.24, 2.45) is 0 Å². The van der Waals surface area contributed by atoms with Crippen LogP contribution >= 0.6 is 11.6 Å². The lowest BCUT2D eigenvalue weighted by Crippen LogP contribution is -2.18. The highest BCUT2D eigenvalue weighted by atomic mass is 35.5. The molecule has 0 aliphatic carbocycles. The van der Waals surface area contributed by atoms with Crippen molar-refractivity contribution in [1.82, 2.24) is 15.2 Å². The first-order chi connectivity index (χ1) is 14.2. The molecule has 4 aromatic rings. The topological polar surface area (TPSA) is 82.7 Å². The molecule has 0 fully saturated rings. The van der Waals surface area contributed by atoms with Gasteiger partial charge >= 0.3 is 0 Å². The average Bonchev–Trinajstić information content (AvgIpc) is 2.74. The van der Waals surface area contributed by atoms with E-state index >= 15 is 0 Å². The summed E-state index contributed by atoms with van der Waals surface area (Å²) in [7, 11) is 0. The number of rotatable bonds is 6. The minimum atomic E-state index is -0.278. The highest BCUT2D eigenvalue weighted by Crippen LogP contribution is 2.20. The van der Waals surface area contributed by atoms with Gasteiger partial charge in [-0.15, -0.1) is 10.2 Å². The Balaban J connectivity index is 1.42. The third kappa shape index (κ3) is 5.00. The smallest absolute Gasteiger partial charge is 0.274 e. The van der Waals surface area contributed by atoms with E-state index in [0.29, 0.717) is 23.1 Å². The average molecular weight is 404 g/mol. The molecule has 3 aromatic carbocycles. The van der Waals surface area contributed by atoms with Crippen molar-refractivity contribution in [3.63, 3.8) is 0 Å². The Hall–Kier alpha value is -3.64. The number of aromatic nitrogens is 3. The Morgan fingerprint density at radius 2 is 1.38 bits per heavy atom. The van der Waals surface area contributed by atoms with Crippen molar-refractivity contribution in [1.29, 1.82) is 0 Å². The first-order valence-corrected chi connectivity index (χ1v) is 9.43. The first kappa shape index (κ1) is 18.7. The second-order valence-electron chi connectivity index (χ2n) is 6.45. The molecule has 4 rings (SSSR count). The molecular formula is C22H18ClN5O. The van der Waals surface area contributed by atoms with Crippen molar-refractivity contribution < 1.29 is 0 Å². The summed E-state index contributed by atoms with van der Waals surface area (Å²) >= 11 is 5.89. The van der Waals surface area contributed by atoms with E-state index in [1.165, 1.54) is 0 Å². The zero-order chi connectivity index (χ0) is 20.1. The molecule has 0 unspecified atom stereocenters. The standard InChI is InChI=1S/C22H18ClN5O/c23-16-8-6-15(7-9-16)14-20-21(29)26-22(28-27-20)25-19-12-10-18(11-13-19)24-17-4-2-1-3-5-17/h1-13,24H,14H2,(H2,25,26,28,29). The summed E-state index contributed by atoms with van der Waals surface area (Å²) in [5.41, 5.74) is 3.77. The third-order valence-electron chi connectivity index (χ3n) is 4.26. The van der Waals surface area contributed by atoms with Crippen LogP contribution in [0, 0.1) is 0 Å². The number of nitrogens with one attached hydrogen (secondary N) is 3. The van der Waals surface area contributed by atoms with Gasteiger partial charge in [0.15, 0.2) is 0 Å². The van der Waals surface area contributed by atoms with E-state index in [2.05, 4.69) is 25.8 Å². The summed E-state index contributed by atoms with van der Waals surface area (Å²) in [5, 5.41) is 15.2. The molecule has 0 bridgehead atoms. The Kier molecular flexibility index (Phi) is 5.54. The molecule has 1 aromatic heterocycles. The molecule has 1 heterocycles. The lowest BCUT2D eigenvalue weighted by molar-refractivity contribution is 0.874. The molecule has 6 nitrogen and oxygen atoms in total. The Labute approximate surface area is 172 Å². The molecule has 0 aliphatic rings. The summed E-state index contributed by atoms with van der Waals surface area (Å²) in [4.78, 5) is 15.1. The zero-order valence-corrected chi connectivity index (χ0v) is 16.1. The highest BCUT2D eigenvalue weighted by Gasteiger charge is 2.07. The normalized spacial score (nSPS) is 10.5. The van der Waals surface area contributed by atoms with Crippen LogP contribution in [-0.4, -0.2) is 15.2 Å². The Morgan fingerprint density at radius 3 is 2.03 bits per heavy atom. The number of aromatic amines is 1. The molecular weight excluding hydrogens is 386 g/mol. The maximum absolute atomic E-state index is 12.3. The van der Waals surface area contributed by atoms with E-state index in [1.807, 2.05) is 66.7 Å². The van der Waals surface area contributed by atoms with Crippen molar-refractivity contribution in [3.8, 4) is 0 Å². The van der Waals surface area contributed by atoms with Crippen LogP contribution in [0.2, 0.25) is 5.02 Å². The van der Waals surface area contributed by atoms with Crippen molar-refractivity contribution in [3.05, 3.63) is 105 Å². The molecule has 144 valence electrons. The van der Waals surface area contributed by atoms with Gasteiger partial charge in [-0.1, -0.05) is 41.9 Å². The van der Waals surface area contributed by atoms with Gasteiger partial charge in [0.2, 0.25) is 5.95 Å². The van der Waals surface area contributed by atoms with Gasteiger partial charge in [0, 0.05) is 28.5 Å². The van der Waals surface area contributed by atoms with Crippen molar-refractivity contribution in [2.45, 2.75) is 6.42 Å². The molecule has 0 amide bonds. The number of para-hydroxylation sites is 1. The summed E-state index contributed by atoms with van der Waals surface area (Å²) in [6, 6.07) is 24.9. The zero-order valence-electron chi connectivity index (χ0n) is 15.4. The van der Waals surface area contributed by atoms with E-state index < -0.39 is 0 Å². The van der Waals surface area contributed by atoms with E-state index in [9.17, 15) is 4.79 Å². The molecule has 0 saturated heterocycles. The van der Waals surface area contributed by atoms with Crippen LogP contribution in [0.5, 0.6) is 0 Å². The second-order valence-corrected chi connectivity index (χ2v) is 6.88.